The molecule has 1 saturated heterocycles. The quantitative estimate of drug-likeness (QED) is 0.517. The van der Waals surface area contributed by atoms with E-state index in [1.54, 1.807) is 30.3 Å². The zero-order chi connectivity index (χ0) is 24.6. The third-order valence-corrected chi connectivity index (χ3v) is 7.85. The number of hydrogen-bond donors (Lipinski definition) is 2. The third-order valence-electron chi connectivity index (χ3n) is 6.60. The van der Waals surface area contributed by atoms with E-state index >= 15 is 0 Å². The monoisotopic (exact) mass is 489 g/mol. The molecule has 180 valence electrons. The Labute approximate surface area is 204 Å². The molecule has 2 aliphatic heterocycles. The second-order valence-electron chi connectivity index (χ2n) is 9.02. The zero-order valence-electron chi connectivity index (χ0n) is 19.4. The van der Waals surface area contributed by atoms with E-state index in [0.717, 1.165) is 37.1 Å². The van der Waals surface area contributed by atoms with E-state index in [1.807, 2.05) is 19.1 Å². The summed E-state index contributed by atoms with van der Waals surface area (Å²) in [7, 11) is -4.12. The van der Waals surface area contributed by atoms with Gasteiger partial charge in [-0.25, -0.2) is 0 Å². The number of nitrogens with zero attached hydrogens (tertiary/aromatic N) is 1. The minimum Gasteiger partial charge on any atom is -0.380 e. The lowest BCUT2D eigenvalue weighted by Crippen LogP contribution is -2.32. The van der Waals surface area contributed by atoms with E-state index in [-0.39, 0.29) is 16.2 Å². The molecule has 0 aromatic heterocycles. The number of para-hydroxylation sites is 1. The lowest BCUT2D eigenvalue weighted by molar-refractivity contribution is 0.0999. The molecule has 3 N–H and O–H groups in total. The SMILES string of the molecule is Cc1ccc(S(=O)(=O)OC2=c3cccc(C(N)=O)c3=NC2c2ccc([C@@H]3CCCNC3)cc2)cc1. The molecule has 2 heterocycles. The van der Waals surface area contributed by atoms with Crippen LogP contribution in [0.15, 0.2) is 76.6 Å². The number of amides is 1. The molecule has 35 heavy (non-hydrogen) atoms. The lowest BCUT2D eigenvalue weighted by Gasteiger charge is -2.23. The first-order chi connectivity index (χ1) is 16.8. The number of rotatable bonds is 6. The van der Waals surface area contributed by atoms with Gasteiger partial charge in [-0.3, -0.25) is 9.79 Å². The summed E-state index contributed by atoms with van der Waals surface area (Å²) in [5.74, 6) is -0.0264. The summed E-state index contributed by atoms with van der Waals surface area (Å²) >= 11 is 0. The van der Waals surface area contributed by atoms with Gasteiger partial charge < -0.3 is 15.2 Å². The van der Waals surface area contributed by atoms with Crippen LogP contribution in [0.5, 0.6) is 0 Å². The van der Waals surface area contributed by atoms with E-state index < -0.39 is 22.1 Å². The van der Waals surface area contributed by atoms with Gasteiger partial charge in [-0.1, -0.05) is 48.0 Å². The fourth-order valence-electron chi connectivity index (χ4n) is 4.69. The molecule has 1 amide bonds. The van der Waals surface area contributed by atoms with Crippen LogP contribution in [0.1, 0.15) is 51.8 Å². The Morgan fingerprint density at radius 1 is 1.03 bits per heavy atom. The summed E-state index contributed by atoms with van der Waals surface area (Å²) in [6.07, 6.45) is 2.26. The molecule has 0 saturated carbocycles. The molecule has 7 nitrogen and oxygen atoms in total. The molecule has 2 atom stereocenters. The number of benzene rings is 3. The maximum atomic E-state index is 13.2. The van der Waals surface area contributed by atoms with E-state index in [4.69, 9.17) is 14.9 Å². The van der Waals surface area contributed by atoms with Crippen LogP contribution in [-0.4, -0.2) is 27.4 Å². The first-order valence-corrected chi connectivity index (χ1v) is 13.1. The predicted molar refractivity (Wildman–Crippen MR) is 133 cm³/mol. The summed E-state index contributed by atoms with van der Waals surface area (Å²) in [6, 6.07) is 18.7. The molecule has 0 bridgehead atoms. The number of carbonyl (C=O) groups excluding carboxylic acids is 1. The van der Waals surface area contributed by atoms with Gasteiger partial charge >= 0.3 is 10.1 Å². The number of carbonyl (C=O) groups is 1. The Hall–Kier alpha value is -3.49. The van der Waals surface area contributed by atoms with Crippen LogP contribution < -0.4 is 21.6 Å². The van der Waals surface area contributed by atoms with Crippen molar-refractivity contribution in [3.05, 3.63) is 99.6 Å². The van der Waals surface area contributed by atoms with Crippen molar-refractivity contribution in [2.45, 2.75) is 36.6 Å². The van der Waals surface area contributed by atoms with E-state index in [0.29, 0.717) is 16.5 Å². The summed E-state index contributed by atoms with van der Waals surface area (Å²) in [5.41, 5.74) is 8.75. The van der Waals surface area contributed by atoms with Crippen molar-refractivity contribution in [3.63, 3.8) is 0 Å². The minimum absolute atomic E-state index is 0.0500. The second kappa shape index (κ2) is 9.28. The van der Waals surface area contributed by atoms with Crippen molar-refractivity contribution in [2.24, 2.45) is 10.7 Å². The number of fused-ring (bicyclic) bond motifs is 1. The van der Waals surface area contributed by atoms with Crippen LogP contribution in [0.25, 0.3) is 5.76 Å². The summed E-state index contributed by atoms with van der Waals surface area (Å²) in [4.78, 5) is 16.8. The van der Waals surface area contributed by atoms with E-state index in [9.17, 15) is 13.2 Å². The molecule has 2 aliphatic rings. The molecule has 3 aromatic carbocycles. The maximum Gasteiger partial charge on any atom is 0.339 e. The average molecular weight is 490 g/mol. The highest BCUT2D eigenvalue weighted by atomic mass is 32.2. The Morgan fingerprint density at radius 3 is 2.40 bits per heavy atom. The van der Waals surface area contributed by atoms with E-state index in [1.165, 1.54) is 17.7 Å². The average Bonchev–Trinajstić information content (AvgIpc) is 3.22. The number of primary amides is 1. The number of nitrogens with one attached hydrogen (secondary N) is 1. The molecular weight excluding hydrogens is 462 g/mol. The Morgan fingerprint density at radius 2 is 1.74 bits per heavy atom. The molecule has 0 radical (unpaired) electrons. The highest BCUT2D eigenvalue weighted by molar-refractivity contribution is 7.87. The minimum atomic E-state index is -4.12. The van der Waals surface area contributed by atoms with Crippen molar-refractivity contribution in [1.29, 1.82) is 0 Å². The smallest absolute Gasteiger partial charge is 0.339 e. The molecular formula is C27H27N3O4S. The second-order valence-corrected chi connectivity index (χ2v) is 10.6. The van der Waals surface area contributed by atoms with Crippen molar-refractivity contribution in [1.82, 2.24) is 5.32 Å². The van der Waals surface area contributed by atoms with Crippen molar-refractivity contribution >= 4 is 21.8 Å². The fraction of sp³-hybridized carbons (Fsp3) is 0.259. The first kappa shape index (κ1) is 23.3. The number of nitrogens with two attached hydrogens (primary N) is 1. The van der Waals surface area contributed by atoms with Crippen LogP contribution in [-0.2, 0) is 14.3 Å². The van der Waals surface area contributed by atoms with Crippen LogP contribution in [0.4, 0.5) is 0 Å². The van der Waals surface area contributed by atoms with Gasteiger partial charge in [0.2, 0.25) is 0 Å². The fourth-order valence-corrected chi connectivity index (χ4v) is 5.67. The number of piperidine rings is 1. The third kappa shape index (κ3) is 4.59. The largest absolute Gasteiger partial charge is 0.380 e. The maximum absolute atomic E-state index is 13.2. The molecule has 0 spiro atoms. The predicted octanol–water partition coefficient (Wildman–Crippen LogP) is 2.45. The van der Waals surface area contributed by atoms with Gasteiger partial charge in [-0.2, -0.15) is 8.42 Å². The molecule has 3 aromatic rings. The van der Waals surface area contributed by atoms with Crippen LogP contribution >= 0.6 is 0 Å². The van der Waals surface area contributed by atoms with Gasteiger partial charge in [-0.05, 0) is 67.6 Å². The molecule has 0 aliphatic carbocycles. The van der Waals surface area contributed by atoms with Crippen LogP contribution in [0.2, 0.25) is 0 Å². The van der Waals surface area contributed by atoms with Gasteiger partial charge in [0.1, 0.15) is 10.9 Å². The summed E-state index contributed by atoms with van der Waals surface area (Å²) in [5, 5.41) is 4.22. The Bertz CT molecular complexity index is 1490. The van der Waals surface area contributed by atoms with Gasteiger partial charge in [-0.15, -0.1) is 0 Å². The number of hydrogen-bond acceptors (Lipinski definition) is 6. The van der Waals surface area contributed by atoms with Crippen molar-refractivity contribution < 1.29 is 17.4 Å². The molecule has 8 heteroatoms. The standard InChI is InChI=1S/C27H27N3O4S/c1-17-7-13-21(14-8-17)35(32,33)34-26-22-5-2-6-23(27(28)31)25(22)30-24(26)19-11-9-18(10-12-19)20-4-3-15-29-16-20/h2,5-14,20,24,29H,3-4,15-16H2,1H3,(H2,28,31)/t20-,24?/m1/s1. The Kier molecular flexibility index (Phi) is 6.17. The lowest BCUT2D eigenvalue weighted by atomic mass is 9.90. The number of aryl methyl sites for hydroxylation is 1. The van der Waals surface area contributed by atoms with Crippen molar-refractivity contribution in [2.75, 3.05) is 13.1 Å². The topological polar surface area (TPSA) is 111 Å². The van der Waals surface area contributed by atoms with E-state index in [2.05, 4.69) is 17.4 Å². The highest BCUT2D eigenvalue weighted by Gasteiger charge is 2.30. The summed E-state index contributed by atoms with van der Waals surface area (Å²) < 4.78 is 32.1. The molecule has 1 unspecified atom stereocenters. The normalized spacial score (nSPS) is 19.6. The van der Waals surface area contributed by atoms with Gasteiger partial charge in [0, 0.05) is 11.8 Å². The van der Waals surface area contributed by atoms with Crippen LogP contribution in [0, 0.1) is 6.92 Å². The highest BCUT2D eigenvalue weighted by Crippen LogP contribution is 2.33. The van der Waals surface area contributed by atoms with Gasteiger partial charge in [0.05, 0.1) is 10.9 Å². The molecule has 5 rings (SSSR count). The zero-order valence-corrected chi connectivity index (χ0v) is 20.2. The van der Waals surface area contributed by atoms with Crippen LogP contribution in [0.3, 0.4) is 0 Å². The van der Waals surface area contributed by atoms with Gasteiger partial charge in [0.25, 0.3) is 5.91 Å². The first-order valence-electron chi connectivity index (χ1n) is 11.7. The van der Waals surface area contributed by atoms with Crippen molar-refractivity contribution in [3.8, 4) is 0 Å². The molecule has 1 fully saturated rings. The Balaban J connectivity index is 1.58. The summed E-state index contributed by atoms with van der Waals surface area (Å²) in [6.45, 7) is 3.86. The van der Waals surface area contributed by atoms with Gasteiger partial charge in [0.15, 0.2) is 5.76 Å².